The highest BCUT2D eigenvalue weighted by Crippen LogP contribution is 2.17. The molecule has 8 heteroatoms. The lowest BCUT2D eigenvalue weighted by Crippen LogP contribution is -2.27. The van der Waals surface area contributed by atoms with Crippen LogP contribution in [0.3, 0.4) is 0 Å². The Morgan fingerprint density at radius 2 is 2.05 bits per heavy atom. The molecule has 21 heavy (non-hydrogen) atoms. The van der Waals surface area contributed by atoms with Crippen LogP contribution < -0.4 is 5.32 Å². The largest absolute Gasteiger partial charge is 0.355 e. The van der Waals surface area contributed by atoms with Crippen molar-refractivity contribution in [3.05, 3.63) is 29.8 Å². The zero-order valence-corrected chi connectivity index (χ0v) is 13.6. The van der Waals surface area contributed by atoms with Gasteiger partial charge in [0.2, 0.25) is 11.1 Å². The Morgan fingerprint density at radius 3 is 2.71 bits per heavy atom. The Balaban J connectivity index is 1.61. The number of thioether (sulfide) groups is 2. The van der Waals surface area contributed by atoms with Crippen molar-refractivity contribution in [2.45, 2.75) is 17.0 Å². The van der Waals surface area contributed by atoms with Crippen molar-refractivity contribution in [2.75, 3.05) is 18.1 Å². The molecule has 0 spiro atoms. The topological polar surface area (TPSA) is 72.7 Å². The molecule has 0 saturated carbocycles. The first-order chi connectivity index (χ1) is 10.1. The Hall–Kier alpha value is -1.54. The molecular weight excluding hydrogens is 306 g/mol. The van der Waals surface area contributed by atoms with E-state index in [0.29, 0.717) is 17.5 Å². The van der Waals surface area contributed by atoms with E-state index < -0.39 is 0 Å². The minimum Gasteiger partial charge on any atom is -0.355 e. The Morgan fingerprint density at radius 1 is 1.29 bits per heavy atom. The monoisotopic (exact) mass is 323 g/mol. The fourth-order valence-electron chi connectivity index (χ4n) is 1.52. The molecule has 1 heterocycles. The van der Waals surface area contributed by atoms with Crippen LogP contribution in [0.1, 0.15) is 5.56 Å². The van der Waals surface area contributed by atoms with Crippen LogP contribution in [0.4, 0.5) is 0 Å². The van der Waals surface area contributed by atoms with Crippen molar-refractivity contribution in [3.63, 3.8) is 0 Å². The number of hydrogen-bond acceptors (Lipinski definition) is 6. The molecule has 1 N–H and O–H groups in total. The van der Waals surface area contributed by atoms with Crippen molar-refractivity contribution in [1.29, 1.82) is 0 Å². The van der Waals surface area contributed by atoms with Crippen molar-refractivity contribution in [3.8, 4) is 0 Å². The van der Waals surface area contributed by atoms with Crippen LogP contribution in [0.25, 0.3) is 0 Å². The van der Waals surface area contributed by atoms with Crippen molar-refractivity contribution >= 4 is 29.4 Å². The summed E-state index contributed by atoms with van der Waals surface area (Å²) < 4.78 is 1.55. The lowest BCUT2D eigenvalue weighted by atomic mass is 10.2. The van der Waals surface area contributed by atoms with Gasteiger partial charge >= 0.3 is 0 Å². The second-order valence-corrected chi connectivity index (χ2v) is 6.50. The summed E-state index contributed by atoms with van der Waals surface area (Å²) in [6.07, 6.45) is 0. The molecule has 1 amide bonds. The molecule has 0 radical (unpaired) electrons. The molecule has 6 nitrogen and oxygen atoms in total. The molecule has 0 aliphatic rings. The third kappa shape index (κ3) is 5.39. The molecule has 0 bridgehead atoms. The highest BCUT2D eigenvalue weighted by molar-refractivity contribution is 7.99. The fraction of sp³-hybridized carbons (Fsp3) is 0.385. The maximum atomic E-state index is 11.7. The van der Waals surface area contributed by atoms with Crippen LogP contribution in [0, 0.1) is 6.92 Å². The highest BCUT2D eigenvalue weighted by atomic mass is 32.2. The Kier molecular flexibility index (Phi) is 6.06. The number of rotatable bonds is 7. The zero-order chi connectivity index (χ0) is 15.1. The van der Waals surface area contributed by atoms with E-state index >= 15 is 0 Å². The summed E-state index contributed by atoms with van der Waals surface area (Å²) in [5, 5.41) is 14.6. The quantitative estimate of drug-likeness (QED) is 0.615. The van der Waals surface area contributed by atoms with Gasteiger partial charge in [0.15, 0.2) is 0 Å². The molecule has 2 aromatic rings. The SMILES string of the molecule is Cc1ccc(SCCNC(=O)CSc2nnnn2C)cc1. The number of tetrazole rings is 1. The summed E-state index contributed by atoms with van der Waals surface area (Å²) in [4.78, 5) is 12.9. The molecule has 2 rings (SSSR count). The first-order valence-corrected chi connectivity index (χ1v) is 8.43. The third-order valence-corrected chi connectivity index (χ3v) is 4.65. The lowest BCUT2D eigenvalue weighted by molar-refractivity contribution is -0.118. The molecule has 0 atom stereocenters. The van der Waals surface area contributed by atoms with Crippen molar-refractivity contribution < 1.29 is 4.79 Å². The van der Waals surface area contributed by atoms with Gasteiger partial charge in [-0.2, -0.15) is 0 Å². The van der Waals surface area contributed by atoms with E-state index in [0.717, 1.165) is 5.75 Å². The minimum absolute atomic E-state index is 0.00694. The Labute approximate surface area is 132 Å². The first kappa shape index (κ1) is 15.8. The molecule has 1 aromatic heterocycles. The van der Waals surface area contributed by atoms with Crippen LogP contribution in [0.15, 0.2) is 34.3 Å². The number of carbonyl (C=O) groups excluding carboxylic acids is 1. The number of nitrogens with zero attached hydrogens (tertiary/aromatic N) is 4. The number of amides is 1. The molecule has 0 aliphatic heterocycles. The second-order valence-electron chi connectivity index (χ2n) is 4.39. The Bertz CT molecular complexity index is 585. The average Bonchev–Trinajstić information content (AvgIpc) is 2.89. The summed E-state index contributed by atoms with van der Waals surface area (Å²) in [7, 11) is 1.75. The maximum Gasteiger partial charge on any atom is 0.230 e. The summed E-state index contributed by atoms with van der Waals surface area (Å²) in [6.45, 7) is 2.72. The van der Waals surface area contributed by atoms with Crippen LogP contribution in [0.2, 0.25) is 0 Å². The molecule has 1 aromatic carbocycles. The highest BCUT2D eigenvalue weighted by Gasteiger charge is 2.07. The third-order valence-electron chi connectivity index (χ3n) is 2.63. The van der Waals surface area contributed by atoms with Gasteiger partial charge in [0.25, 0.3) is 0 Å². The summed E-state index contributed by atoms with van der Waals surface area (Å²) in [6, 6.07) is 8.37. The summed E-state index contributed by atoms with van der Waals surface area (Å²) in [5.74, 6) is 1.17. The van der Waals surface area contributed by atoms with Gasteiger partial charge in [0.05, 0.1) is 5.75 Å². The second kappa shape index (κ2) is 8.04. The number of nitrogens with one attached hydrogen (secondary N) is 1. The maximum absolute atomic E-state index is 11.7. The number of hydrogen-bond donors (Lipinski definition) is 1. The van der Waals surface area contributed by atoms with E-state index in [1.54, 1.807) is 23.5 Å². The minimum atomic E-state index is -0.00694. The molecule has 0 saturated heterocycles. The average molecular weight is 323 g/mol. The van der Waals surface area contributed by atoms with Gasteiger partial charge in [-0.25, -0.2) is 4.68 Å². The smallest absolute Gasteiger partial charge is 0.230 e. The van der Waals surface area contributed by atoms with Crippen LogP contribution in [-0.2, 0) is 11.8 Å². The van der Waals surface area contributed by atoms with Gasteiger partial charge in [0.1, 0.15) is 0 Å². The number of aromatic nitrogens is 4. The number of carbonyl (C=O) groups is 1. The van der Waals surface area contributed by atoms with E-state index in [4.69, 9.17) is 0 Å². The van der Waals surface area contributed by atoms with Crippen molar-refractivity contribution in [2.24, 2.45) is 7.05 Å². The predicted molar refractivity (Wildman–Crippen MR) is 84.4 cm³/mol. The number of benzene rings is 1. The lowest BCUT2D eigenvalue weighted by Gasteiger charge is -2.05. The van der Waals surface area contributed by atoms with Crippen molar-refractivity contribution in [1.82, 2.24) is 25.5 Å². The molecule has 0 unspecified atom stereocenters. The summed E-state index contributed by atoms with van der Waals surface area (Å²) in [5.41, 5.74) is 1.25. The molecule has 112 valence electrons. The van der Waals surface area contributed by atoms with E-state index in [1.165, 1.54) is 22.2 Å². The van der Waals surface area contributed by atoms with E-state index in [9.17, 15) is 4.79 Å². The molecule has 0 fully saturated rings. The van der Waals surface area contributed by atoms with E-state index in [2.05, 4.69) is 52.0 Å². The van der Waals surface area contributed by atoms with E-state index in [1.807, 2.05) is 0 Å². The van der Waals surface area contributed by atoms with Gasteiger partial charge in [-0.1, -0.05) is 29.5 Å². The van der Waals surface area contributed by atoms with Crippen LogP contribution >= 0.6 is 23.5 Å². The molecule has 0 aliphatic carbocycles. The summed E-state index contributed by atoms with van der Waals surface area (Å²) >= 11 is 3.06. The van der Waals surface area contributed by atoms with Gasteiger partial charge in [-0.05, 0) is 29.5 Å². The van der Waals surface area contributed by atoms with Crippen LogP contribution in [0.5, 0.6) is 0 Å². The van der Waals surface area contributed by atoms with Gasteiger partial charge in [-0.3, -0.25) is 4.79 Å². The van der Waals surface area contributed by atoms with E-state index in [-0.39, 0.29) is 5.91 Å². The van der Waals surface area contributed by atoms with Crippen LogP contribution in [-0.4, -0.2) is 44.2 Å². The number of aryl methyl sites for hydroxylation is 2. The fourth-order valence-corrected chi connectivity index (χ4v) is 2.97. The van der Waals surface area contributed by atoms with Gasteiger partial charge < -0.3 is 5.32 Å². The normalized spacial score (nSPS) is 10.6. The standard InChI is InChI=1S/C13H17N5OS2/c1-10-3-5-11(6-4-10)20-8-7-14-12(19)9-21-13-15-16-17-18(13)2/h3-6H,7-9H2,1-2H3,(H,14,19). The van der Waals surface area contributed by atoms with Gasteiger partial charge in [-0.15, -0.1) is 16.9 Å². The van der Waals surface area contributed by atoms with Gasteiger partial charge in [0, 0.05) is 24.2 Å². The first-order valence-electron chi connectivity index (χ1n) is 6.46. The molecular formula is C13H17N5OS2. The zero-order valence-electron chi connectivity index (χ0n) is 11.9. The predicted octanol–water partition coefficient (Wildman–Crippen LogP) is 1.52.